The van der Waals surface area contributed by atoms with Crippen LogP contribution in [0.2, 0.25) is 0 Å². The van der Waals surface area contributed by atoms with Crippen LogP contribution in [0.15, 0.2) is 57.9 Å². The van der Waals surface area contributed by atoms with Gasteiger partial charge in [0.25, 0.3) is 11.1 Å². The third kappa shape index (κ3) is 6.45. The van der Waals surface area contributed by atoms with Gasteiger partial charge < -0.3 is 9.47 Å². The molecule has 0 spiro atoms. The number of carbonyl (C=O) groups is 3. The fourth-order valence-electron chi connectivity index (χ4n) is 2.71. The van der Waals surface area contributed by atoms with Gasteiger partial charge in [0.05, 0.1) is 11.5 Å². The number of esters is 1. The summed E-state index contributed by atoms with van der Waals surface area (Å²) in [7, 11) is 0. The molecule has 1 heterocycles. The maximum atomic E-state index is 12.7. The molecular formula is C23H22BrNO5S. The normalized spacial score (nSPS) is 15.1. The molecule has 2 amide bonds. The number of hydrogen-bond acceptors (Lipinski definition) is 6. The number of thioether (sulfide) groups is 1. The summed E-state index contributed by atoms with van der Waals surface area (Å²) >= 11 is 4.22. The molecule has 0 N–H and O–H groups in total. The molecule has 31 heavy (non-hydrogen) atoms. The second kappa shape index (κ2) is 10.6. The van der Waals surface area contributed by atoms with Gasteiger partial charge in [0.15, 0.2) is 0 Å². The van der Waals surface area contributed by atoms with Crippen molar-refractivity contribution in [2.45, 2.75) is 20.5 Å². The Morgan fingerprint density at radius 2 is 1.90 bits per heavy atom. The zero-order valence-corrected chi connectivity index (χ0v) is 19.6. The van der Waals surface area contributed by atoms with Crippen LogP contribution in [0.25, 0.3) is 6.08 Å². The largest absolute Gasteiger partial charge is 0.488 e. The van der Waals surface area contributed by atoms with Crippen LogP contribution < -0.4 is 4.74 Å². The number of rotatable bonds is 8. The topological polar surface area (TPSA) is 72.9 Å². The molecule has 6 nitrogen and oxygen atoms in total. The quantitative estimate of drug-likeness (QED) is 0.361. The molecule has 8 heteroatoms. The van der Waals surface area contributed by atoms with Gasteiger partial charge in [-0.25, -0.2) is 0 Å². The Morgan fingerprint density at radius 1 is 1.16 bits per heavy atom. The van der Waals surface area contributed by atoms with Crippen LogP contribution in [0.1, 0.15) is 25.0 Å². The van der Waals surface area contributed by atoms with Crippen molar-refractivity contribution in [3.8, 4) is 5.75 Å². The second-order valence-electron chi connectivity index (χ2n) is 7.30. The molecule has 3 rings (SSSR count). The summed E-state index contributed by atoms with van der Waals surface area (Å²) in [6, 6.07) is 15.2. The molecule has 1 aliphatic rings. The summed E-state index contributed by atoms with van der Waals surface area (Å²) in [4.78, 5) is 38.1. The fourth-order valence-corrected chi connectivity index (χ4v) is 3.92. The smallest absolute Gasteiger partial charge is 0.326 e. The van der Waals surface area contributed by atoms with E-state index in [1.165, 1.54) is 0 Å². The molecule has 0 saturated carbocycles. The van der Waals surface area contributed by atoms with E-state index in [1.807, 2.05) is 56.3 Å². The number of ether oxygens (including phenoxy) is 2. The van der Waals surface area contributed by atoms with E-state index < -0.39 is 23.7 Å². The van der Waals surface area contributed by atoms with Gasteiger partial charge in [0.1, 0.15) is 18.9 Å². The Hall–Kier alpha value is -2.58. The van der Waals surface area contributed by atoms with E-state index in [9.17, 15) is 14.4 Å². The summed E-state index contributed by atoms with van der Waals surface area (Å²) in [5.41, 5.74) is 1.66. The Kier molecular flexibility index (Phi) is 7.92. The minimum Gasteiger partial charge on any atom is -0.488 e. The Morgan fingerprint density at radius 3 is 2.61 bits per heavy atom. The van der Waals surface area contributed by atoms with Crippen LogP contribution in [0.3, 0.4) is 0 Å². The molecule has 1 aliphatic heterocycles. The summed E-state index contributed by atoms with van der Waals surface area (Å²) < 4.78 is 11.8. The average Bonchev–Trinajstić information content (AvgIpc) is 3.00. The first kappa shape index (κ1) is 23.1. The molecule has 2 aromatic rings. The molecular weight excluding hydrogens is 482 g/mol. The minimum absolute atomic E-state index is 0.171. The first-order chi connectivity index (χ1) is 14.8. The predicted molar refractivity (Wildman–Crippen MR) is 123 cm³/mol. The molecule has 0 radical (unpaired) electrons. The number of hydrogen-bond donors (Lipinski definition) is 0. The lowest BCUT2D eigenvalue weighted by atomic mass is 10.1. The number of imide groups is 1. The van der Waals surface area contributed by atoms with Gasteiger partial charge in [-0.3, -0.25) is 19.3 Å². The second-order valence-corrected chi connectivity index (χ2v) is 9.21. The van der Waals surface area contributed by atoms with Crippen molar-refractivity contribution < 1.29 is 23.9 Å². The first-order valence-corrected chi connectivity index (χ1v) is 11.3. The van der Waals surface area contributed by atoms with Crippen LogP contribution in [0.5, 0.6) is 5.75 Å². The number of carbonyl (C=O) groups excluding carboxylic acids is 3. The fraction of sp³-hybridized carbons (Fsp3) is 0.261. The molecule has 0 aromatic heterocycles. The highest BCUT2D eigenvalue weighted by atomic mass is 79.9. The Labute approximate surface area is 193 Å². The molecule has 0 bridgehead atoms. The summed E-state index contributed by atoms with van der Waals surface area (Å²) in [5.74, 6) is -0.378. The van der Waals surface area contributed by atoms with Gasteiger partial charge in [-0.05, 0) is 47.5 Å². The van der Waals surface area contributed by atoms with E-state index in [4.69, 9.17) is 9.47 Å². The monoisotopic (exact) mass is 503 g/mol. The van der Waals surface area contributed by atoms with Gasteiger partial charge in [-0.1, -0.05) is 60.1 Å². The minimum atomic E-state index is -0.605. The SMILES string of the molecule is CC(C)COC(=O)CN1C(=O)S/C(=C\c2cc(Br)ccc2OCc2ccccc2)C1=O. The lowest BCUT2D eigenvalue weighted by Gasteiger charge is -2.13. The Balaban J connectivity index is 1.75. The van der Waals surface area contributed by atoms with E-state index in [-0.39, 0.29) is 17.4 Å². The zero-order chi connectivity index (χ0) is 22.4. The summed E-state index contributed by atoms with van der Waals surface area (Å²) in [6.45, 7) is 4.03. The predicted octanol–water partition coefficient (Wildman–Crippen LogP) is 5.26. The average molecular weight is 504 g/mol. The van der Waals surface area contributed by atoms with Crippen LogP contribution in [0.4, 0.5) is 4.79 Å². The molecule has 1 fully saturated rings. The highest BCUT2D eigenvalue weighted by Gasteiger charge is 2.36. The van der Waals surface area contributed by atoms with Crippen molar-refractivity contribution in [3.05, 3.63) is 69.0 Å². The van der Waals surface area contributed by atoms with Crippen molar-refractivity contribution in [1.82, 2.24) is 4.90 Å². The standard InChI is InChI=1S/C23H22BrNO5S/c1-15(2)13-30-21(26)12-25-22(27)20(31-23(25)28)11-17-10-18(24)8-9-19(17)29-14-16-6-4-3-5-7-16/h3-11,15H,12-14H2,1-2H3/b20-11-. The van der Waals surface area contributed by atoms with Crippen molar-refractivity contribution in [3.63, 3.8) is 0 Å². The number of amides is 2. The molecule has 0 aliphatic carbocycles. The molecule has 162 valence electrons. The molecule has 0 unspecified atom stereocenters. The van der Waals surface area contributed by atoms with E-state index in [2.05, 4.69) is 15.9 Å². The third-order valence-corrected chi connectivity index (χ3v) is 5.63. The van der Waals surface area contributed by atoms with Crippen molar-refractivity contribution in [2.75, 3.05) is 13.2 Å². The molecule has 0 atom stereocenters. The van der Waals surface area contributed by atoms with Gasteiger partial charge >= 0.3 is 5.97 Å². The van der Waals surface area contributed by atoms with Crippen LogP contribution >= 0.6 is 27.7 Å². The number of nitrogens with zero attached hydrogens (tertiary/aromatic N) is 1. The van der Waals surface area contributed by atoms with Gasteiger partial charge in [0, 0.05) is 10.0 Å². The van der Waals surface area contributed by atoms with Crippen LogP contribution in [0, 0.1) is 5.92 Å². The highest BCUT2D eigenvalue weighted by Crippen LogP contribution is 2.35. The third-order valence-electron chi connectivity index (χ3n) is 4.23. The van der Waals surface area contributed by atoms with Crippen molar-refractivity contribution >= 4 is 50.9 Å². The molecule has 1 saturated heterocycles. The Bertz CT molecular complexity index is 1010. The maximum absolute atomic E-state index is 12.7. The van der Waals surface area contributed by atoms with E-state index >= 15 is 0 Å². The van der Waals surface area contributed by atoms with Gasteiger partial charge in [0.2, 0.25) is 0 Å². The maximum Gasteiger partial charge on any atom is 0.326 e. The van der Waals surface area contributed by atoms with Crippen LogP contribution in [-0.4, -0.2) is 35.2 Å². The number of halogens is 1. The lowest BCUT2D eigenvalue weighted by Crippen LogP contribution is -2.34. The van der Waals surface area contributed by atoms with Crippen molar-refractivity contribution in [1.29, 1.82) is 0 Å². The molecule has 2 aromatic carbocycles. The summed E-state index contributed by atoms with van der Waals surface area (Å²) in [6.07, 6.45) is 1.61. The van der Waals surface area contributed by atoms with E-state index in [1.54, 1.807) is 12.1 Å². The lowest BCUT2D eigenvalue weighted by molar-refractivity contribution is -0.147. The first-order valence-electron chi connectivity index (χ1n) is 9.70. The van der Waals surface area contributed by atoms with E-state index in [0.717, 1.165) is 26.7 Å². The number of benzene rings is 2. The zero-order valence-electron chi connectivity index (χ0n) is 17.2. The highest BCUT2D eigenvalue weighted by molar-refractivity contribution is 9.10. The van der Waals surface area contributed by atoms with E-state index in [0.29, 0.717) is 17.9 Å². The van der Waals surface area contributed by atoms with Crippen molar-refractivity contribution in [2.24, 2.45) is 5.92 Å². The summed E-state index contributed by atoms with van der Waals surface area (Å²) in [5, 5.41) is -0.500. The van der Waals surface area contributed by atoms with Crippen LogP contribution in [-0.2, 0) is 20.9 Å². The van der Waals surface area contributed by atoms with Gasteiger partial charge in [-0.2, -0.15) is 0 Å². The van der Waals surface area contributed by atoms with Gasteiger partial charge in [-0.15, -0.1) is 0 Å².